The smallest absolute Gasteiger partial charge is 0.137 e. The van der Waals surface area contributed by atoms with E-state index in [1.165, 1.54) is 12.1 Å². The first kappa shape index (κ1) is 12.2. The zero-order valence-corrected chi connectivity index (χ0v) is 10.6. The number of hydrogen-bond acceptors (Lipinski definition) is 3. The number of halogens is 1. The van der Waals surface area contributed by atoms with Crippen molar-refractivity contribution in [3.63, 3.8) is 0 Å². The van der Waals surface area contributed by atoms with Gasteiger partial charge in [-0.1, -0.05) is 0 Å². The van der Waals surface area contributed by atoms with E-state index in [4.69, 9.17) is 0 Å². The van der Waals surface area contributed by atoms with Gasteiger partial charge in [-0.15, -0.1) is 0 Å². The van der Waals surface area contributed by atoms with E-state index < -0.39 is 5.82 Å². The van der Waals surface area contributed by atoms with Crippen molar-refractivity contribution in [2.45, 2.75) is 44.2 Å². The quantitative estimate of drug-likeness (QED) is 0.778. The molecule has 0 amide bonds. The van der Waals surface area contributed by atoms with Gasteiger partial charge in [-0.3, -0.25) is 4.79 Å². The van der Waals surface area contributed by atoms with Crippen molar-refractivity contribution < 1.29 is 9.18 Å². The first-order chi connectivity index (χ1) is 9.19. The molecule has 3 rings (SSSR count). The van der Waals surface area contributed by atoms with Gasteiger partial charge < -0.3 is 4.90 Å². The number of ketones is 1. The van der Waals surface area contributed by atoms with Gasteiger partial charge in [0.2, 0.25) is 0 Å². The number of hydrogen-bond donors (Lipinski definition) is 0. The van der Waals surface area contributed by atoms with E-state index in [-0.39, 0.29) is 12.1 Å². The average molecular weight is 258 g/mol. The Labute approximate surface area is 111 Å². The molecular weight excluding hydrogens is 243 g/mol. The Bertz CT molecular complexity index is 548. The Morgan fingerprint density at radius 2 is 1.95 bits per heavy atom. The number of carbonyl (C=O) groups excluding carboxylic acids is 1. The van der Waals surface area contributed by atoms with Crippen LogP contribution in [0.4, 0.5) is 10.1 Å². The SMILES string of the molecule is N#Cc1cc(F)ccc1N1C2CCCC1CC(=O)C2. The third-order valence-corrected chi connectivity index (χ3v) is 4.15. The van der Waals surface area contributed by atoms with Gasteiger partial charge in [-0.25, -0.2) is 4.39 Å². The number of anilines is 1. The number of Topliss-reactive ketones (excluding diaryl/α,β-unsaturated/α-hetero) is 1. The molecule has 3 nitrogen and oxygen atoms in total. The lowest BCUT2D eigenvalue weighted by Crippen LogP contribution is -2.52. The van der Waals surface area contributed by atoms with Crippen LogP contribution in [0.5, 0.6) is 0 Å². The molecule has 2 saturated heterocycles. The number of carbonyl (C=O) groups is 1. The summed E-state index contributed by atoms with van der Waals surface area (Å²) in [5.74, 6) is -0.0786. The molecule has 1 aromatic rings. The summed E-state index contributed by atoms with van der Waals surface area (Å²) in [6.07, 6.45) is 4.19. The molecule has 2 fully saturated rings. The van der Waals surface area contributed by atoms with E-state index in [9.17, 15) is 14.4 Å². The minimum absolute atomic E-state index is 0.178. The van der Waals surface area contributed by atoms with Crippen LogP contribution in [-0.2, 0) is 4.79 Å². The van der Waals surface area contributed by atoms with Gasteiger partial charge in [0.1, 0.15) is 17.7 Å². The molecule has 1 aromatic carbocycles. The van der Waals surface area contributed by atoms with Crippen LogP contribution in [0.25, 0.3) is 0 Å². The predicted octanol–water partition coefficient (Wildman–Crippen LogP) is 2.79. The maximum atomic E-state index is 13.2. The Kier molecular flexibility index (Phi) is 2.98. The highest BCUT2D eigenvalue weighted by Gasteiger charge is 2.38. The molecule has 2 bridgehead atoms. The average Bonchev–Trinajstić information content (AvgIpc) is 2.38. The fraction of sp³-hybridized carbons (Fsp3) is 0.467. The van der Waals surface area contributed by atoms with Crippen LogP contribution in [0.2, 0.25) is 0 Å². The first-order valence-corrected chi connectivity index (χ1v) is 6.68. The number of benzene rings is 1. The molecule has 4 heteroatoms. The molecule has 2 aliphatic rings. The topological polar surface area (TPSA) is 44.1 Å². The maximum Gasteiger partial charge on any atom is 0.137 e. The van der Waals surface area contributed by atoms with Crippen LogP contribution in [0.1, 0.15) is 37.7 Å². The van der Waals surface area contributed by atoms with Crippen molar-refractivity contribution in [3.05, 3.63) is 29.6 Å². The fourth-order valence-electron chi connectivity index (χ4n) is 3.39. The predicted molar refractivity (Wildman–Crippen MR) is 69.3 cm³/mol. The van der Waals surface area contributed by atoms with Crippen molar-refractivity contribution in [1.82, 2.24) is 0 Å². The maximum absolute atomic E-state index is 13.2. The standard InChI is InChI=1S/C15H15FN2O/c16-11-4-5-15(10(6-11)9-17)18-12-2-1-3-13(18)8-14(19)7-12/h4-6,12-13H,1-3,7-8H2. The summed E-state index contributed by atoms with van der Waals surface area (Å²) in [7, 11) is 0. The molecule has 2 heterocycles. The Morgan fingerprint density at radius 1 is 1.26 bits per heavy atom. The van der Waals surface area contributed by atoms with Crippen LogP contribution in [0, 0.1) is 17.1 Å². The lowest BCUT2D eigenvalue weighted by Gasteiger charge is -2.47. The Hall–Kier alpha value is -1.89. The van der Waals surface area contributed by atoms with Gasteiger partial charge in [0.25, 0.3) is 0 Å². The van der Waals surface area contributed by atoms with Crippen LogP contribution >= 0.6 is 0 Å². The van der Waals surface area contributed by atoms with Crippen molar-refractivity contribution in [2.75, 3.05) is 4.90 Å². The summed E-state index contributed by atoms with van der Waals surface area (Å²) in [6.45, 7) is 0. The highest BCUT2D eigenvalue weighted by Crippen LogP contribution is 2.37. The second kappa shape index (κ2) is 4.65. The molecule has 19 heavy (non-hydrogen) atoms. The third kappa shape index (κ3) is 2.10. The zero-order chi connectivity index (χ0) is 13.4. The lowest BCUT2D eigenvalue weighted by atomic mass is 9.83. The molecule has 2 atom stereocenters. The van der Waals surface area contributed by atoms with Crippen LogP contribution in [0.3, 0.4) is 0 Å². The summed E-state index contributed by atoms with van der Waals surface area (Å²) >= 11 is 0. The molecule has 2 aliphatic heterocycles. The molecule has 98 valence electrons. The first-order valence-electron chi connectivity index (χ1n) is 6.68. The van der Waals surface area contributed by atoms with Gasteiger partial charge in [-0.2, -0.15) is 5.26 Å². The van der Waals surface area contributed by atoms with Gasteiger partial charge in [0.05, 0.1) is 11.3 Å². The molecular formula is C15H15FN2O. The summed E-state index contributed by atoms with van der Waals surface area (Å²) in [5.41, 5.74) is 1.15. The highest BCUT2D eigenvalue weighted by atomic mass is 19.1. The summed E-state index contributed by atoms with van der Waals surface area (Å²) in [5, 5.41) is 9.18. The number of fused-ring (bicyclic) bond motifs is 2. The van der Waals surface area contributed by atoms with Gasteiger partial charge in [0.15, 0.2) is 0 Å². The van der Waals surface area contributed by atoms with E-state index >= 15 is 0 Å². The van der Waals surface area contributed by atoms with Gasteiger partial charge >= 0.3 is 0 Å². The number of nitrogens with zero attached hydrogens (tertiary/aromatic N) is 2. The Morgan fingerprint density at radius 3 is 2.58 bits per heavy atom. The minimum Gasteiger partial charge on any atom is -0.364 e. The van der Waals surface area contributed by atoms with Gasteiger partial charge in [-0.05, 0) is 37.5 Å². The van der Waals surface area contributed by atoms with Crippen molar-refractivity contribution in [3.8, 4) is 6.07 Å². The monoisotopic (exact) mass is 258 g/mol. The molecule has 0 N–H and O–H groups in total. The van der Waals surface area contributed by atoms with Gasteiger partial charge in [0, 0.05) is 24.9 Å². The zero-order valence-electron chi connectivity index (χ0n) is 10.6. The lowest BCUT2D eigenvalue weighted by molar-refractivity contribution is -0.121. The summed E-state index contributed by atoms with van der Waals surface area (Å²) in [6, 6.07) is 6.77. The van der Waals surface area contributed by atoms with E-state index in [1.54, 1.807) is 6.07 Å². The van der Waals surface area contributed by atoms with E-state index in [2.05, 4.69) is 11.0 Å². The molecule has 0 radical (unpaired) electrons. The van der Waals surface area contributed by atoms with Crippen LogP contribution in [-0.4, -0.2) is 17.9 Å². The van der Waals surface area contributed by atoms with E-state index in [0.29, 0.717) is 24.2 Å². The summed E-state index contributed by atoms with van der Waals surface area (Å²) in [4.78, 5) is 13.9. The second-order valence-corrected chi connectivity index (χ2v) is 5.37. The molecule has 0 aromatic heterocycles. The fourth-order valence-corrected chi connectivity index (χ4v) is 3.39. The summed E-state index contributed by atoms with van der Waals surface area (Å²) < 4.78 is 13.2. The molecule has 0 saturated carbocycles. The van der Waals surface area contributed by atoms with Crippen molar-refractivity contribution in [1.29, 1.82) is 5.26 Å². The number of nitriles is 1. The molecule has 0 aliphatic carbocycles. The molecule has 0 spiro atoms. The highest BCUT2D eigenvalue weighted by molar-refractivity contribution is 5.83. The second-order valence-electron chi connectivity index (χ2n) is 5.37. The van der Waals surface area contributed by atoms with Crippen LogP contribution in [0.15, 0.2) is 18.2 Å². The van der Waals surface area contributed by atoms with Crippen LogP contribution < -0.4 is 4.90 Å². The third-order valence-electron chi connectivity index (χ3n) is 4.15. The molecule has 2 unspecified atom stereocenters. The number of piperidine rings is 2. The number of rotatable bonds is 1. The van der Waals surface area contributed by atoms with Crippen molar-refractivity contribution in [2.24, 2.45) is 0 Å². The largest absolute Gasteiger partial charge is 0.364 e. The normalized spacial score (nSPS) is 26.1. The van der Waals surface area contributed by atoms with E-state index in [1.807, 2.05) is 0 Å². The minimum atomic E-state index is -0.390. The van der Waals surface area contributed by atoms with Crippen molar-refractivity contribution >= 4 is 11.5 Å². The van der Waals surface area contributed by atoms with E-state index in [0.717, 1.165) is 24.9 Å². The Balaban J connectivity index is 2.02.